The number of nitrogens with zero attached hydrogens (tertiary/aromatic N) is 2. The van der Waals surface area contributed by atoms with E-state index in [9.17, 15) is 14.4 Å². The molecule has 3 heterocycles. The maximum atomic E-state index is 13.3. The summed E-state index contributed by atoms with van der Waals surface area (Å²) in [6, 6.07) is 10.7. The quantitative estimate of drug-likeness (QED) is 0.539. The molecule has 9 heteroatoms. The van der Waals surface area contributed by atoms with Crippen molar-refractivity contribution in [2.24, 2.45) is 0 Å². The number of carbonyl (C=O) groups is 3. The molecule has 33 heavy (non-hydrogen) atoms. The van der Waals surface area contributed by atoms with Gasteiger partial charge in [0, 0.05) is 42.5 Å². The van der Waals surface area contributed by atoms with Gasteiger partial charge in [0.15, 0.2) is 0 Å². The molecule has 3 N–H and O–H groups in total. The number of urea groups is 1. The van der Waals surface area contributed by atoms with E-state index in [1.54, 1.807) is 17.2 Å². The molecule has 1 aromatic carbocycles. The summed E-state index contributed by atoms with van der Waals surface area (Å²) in [5, 5.41) is 9.86. The highest BCUT2D eigenvalue weighted by Gasteiger charge is 2.28. The Kier molecular flexibility index (Phi) is 6.33. The molecular weight excluding hydrogens is 438 g/mol. The number of amides is 4. The van der Waals surface area contributed by atoms with E-state index in [0.29, 0.717) is 35.9 Å². The molecule has 1 aliphatic heterocycles. The average Bonchev–Trinajstić information content (AvgIpc) is 3.07. The second-order valence-corrected chi connectivity index (χ2v) is 10.0. The van der Waals surface area contributed by atoms with Gasteiger partial charge in [-0.3, -0.25) is 19.9 Å². The van der Waals surface area contributed by atoms with Crippen molar-refractivity contribution in [1.82, 2.24) is 15.2 Å². The first-order valence-electron chi connectivity index (χ1n) is 10.8. The lowest BCUT2D eigenvalue weighted by Crippen LogP contribution is -2.34. The molecular formula is C24H27N5O3S. The van der Waals surface area contributed by atoms with Crippen LogP contribution in [0.25, 0.3) is 10.9 Å². The Morgan fingerprint density at radius 2 is 1.91 bits per heavy atom. The first kappa shape index (κ1) is 22.7. The Morgan fingerprint density at radius 3 is 2.70 bits per heavy atom. The highest BCUT2D eigenvalue weighted by molar-refractivity contribution is 7.16. The summed E-state index contributed by atoms with van der Waals surface area (Å²) in [6.45, 7) is 7.39. The number of rotatable bonds is 3. The molecule has 2 aromatic heterocycles. The summed E-state index contributed by atoms with van der Waals surface area (Å²) >= 11 is 1.39. The number of fused-ring (bicyclic) bond motifs is 1. The normalized spacial score (nSPS) is 14.5. The number of para-hydroxylation sites is 1. The first-order chi connectivity index (χ1) is 15.7. The summed E-state index contributed by atoms with van der Waals surface area (Å²) < 4.78 is 0. The Balaban J connectivity index is 1.59. The number of carbonyl (C=O) groups excluding carboxylic acids is 3. The van der Waals surface area contributed by atoms with E-state index < -0.39 is 6.03 Å². The van der Waals surface area contributed by atoms with Gasteiger partial charge in [-0.05, 0) is 23.6 Å². The van der Waals surface area contributed by atoms with Crippen molar-refractivity contribution in [2.45, 2.75) is 32.6 Å². The lowest BCUT2D eigenvalue weighted by Gasteiger charge is -2.20. The Morgan fingerprint density at radius 1 is 1.12 bits per heavy atom. The molecule has 3 aromatic rings. The molecule has 0 atom stereocenters. The van der Waals surface area contributed by atoms with E-state index in [-0.39, 0.29) is 23.7 Å². The Bertz CT molecular complexity index is 1210. The van der Waals surface area contributed by atoms with Gasteiger partial charge in [0.05, 0.1) is 16.8 Å². The minimum Gasteiger partial charge on any atom is -0.354 e. The van der Waals surface area contributed by atoms with Gasteiger partial charge >= 0.3 is 6.03 Å². The number of aromatic nitrogens is 1. The fourth-order valence-corrected chi connectivity index (χ4v) is 4.72. The maximum Gasteiger partial charge on any atom is 0.324 e. The summed E-state index contributed by atoms with van der Waals surface area (Å²) in [6.07, 6.45) is 1.91. The van der Waals surface area contributed by atoms with E-state index in [2.05, 4.69) is 41.7 Å². The maximum absolute atomic E-state index is 13.3. The van der Waals surface area contributed by atoms with Crippen molar-refractivity contribution in [3.63, 3.8) is 0 Å². The molecule has 1 saturated heterocycles. The van der Waals surface area contributed by atoms with Crippen LogP contribution in [0.2, 0.25) is 0 Å². The van der Waals surface area contributed by atoms with Crippen LogP contribution in [0.3, 0.4) is 0 Å². The van der Waals surface area contributed by atoms with E-state index >= 15 is 0 Å². The van der Waals surface area contributed by atoms with Crippen molar-refractivity contribution >= 4 is 50.8 Å². The molecule has 0 spiro atoms. The first-order valence-corrected chi connectivity index (χ1v) is 11.7. The van der Waals surface area contributed by atoms with Gasteiger partial charge in [-0.25, -0.2) is 4.79 Å². The smallest absolute Gasteiger partial charge is 0.324 e. The number of thiophene rings is 1. The fraction of sp³-hybridized carbons (Fsp3) is 0.333. The van der Waals surface area contributed by atoms with Crippen LogP contribution in [0.1, 0.15) is 42.4 Å². The van der Waals surface area contributed by atoms with Crippen LogP contribution < -0.4 is 16.0 Å². The summed E-state index contributed by atoms with van der Waals surface area (Å²) in [5.74, 6) is -0.254. The molecule has 0 unspecified atom stereocenters. The van der Waals surface area contributed by atoms with E-state index in [1.165, 1.54) is 11.3 Å². The number of benzene rings is 1. The molecule has 0 saturated carbocycles. The molecule has 0 aliphatic carbocycles. The third-order valence-electron chi connectivity index (χ3n) is 5.43. The van der Waals surface area contributed by atoms with Gasteiger partial charge in [-0.1, -0.05) is 39.0 Å². The number of pyridine rings is 1. The molecule has 1 fully saturated rings. The van der Waals surface area contributed by atoms with Crippen LogP contribution in [0, 0.1) is 0 Å². The van der Waals surface area contributed by atoms with Crippen molar-refractivity contribution in [3.05, 3.63) is 53.0 Å². The molecule has 0 bridgehead atoms. The van der Waals surface area contributed by atoms with E-state index in [4.69, 9.17) is 0 Å². The molecule has 8 nitrogen and oxygen atoms in total. The Labute approximate surface area is 196 Å². The zero-order chi connectivity index (χ0) is 23.6. The third-order valence-corrected chi connectivity index (χ3v) is 6.90. The lowest BCUT2D eigenvalue weighted by molar-refractivity contribution is -0.120. The highest BCUT2D eigenvalue weighted by Crippen LogP contribution is 2.37. The summed E-state index contributed by atoms with van der Waals surface area (Å²) in [5.41, 5.74) is 1.67. The van der Waals surface area contributed by atoms with Crippen LogP contribution in [0.15, 0.2) is 42.6 Å². The number of hydrogen-bond acceptors (Lipinski definition) is 5. The van der Waals surface area contributed by atoms with Gasteiger partial charge in [0.25, 0.3) is 5.91 Å². The van der Waals surface area contributed by atoms with Gasteiger partial charge in [-0.15, -0.1) is 11.3 Å². The van der Waals surface area contributed by atoms with Crippen molar-refractivity contribution < 1.29 is 14.4 Å². The zero-order valence-corrected chi connectivity index (χ0v) is 19.7. The molecule has 4 amide bonds. The average molecular weight is 466 g/mol. The minimum atomic E-state index is -0.435. The number of anilines is 2. The van der Waals surface area contributed by atoms with Crippen LogP contribution in [0.5, 0.6) is 0 Å². The fourth-order valence-electron chi connectivity index (χ4n) is 3.61. The second kappa shape index (κ2) is 9.19. The standard InChI is InChI=1S/C24H27N5O3S/c1-24(2,3)19-14-16(22(31)29-12-9-20(30)26-11-13-29)21(33-19)28-23(32)27-18-8-10-25-17-7-5-4-6-15(17)18/h4-8,10,14H,9,11-13H2,1-3H3,(H,26,30)(H2,25,27,28,32). The highest BCUT2D eigenvalue weighted by atomic mass is 32.1. The minimum absolute atomic E-state index is 0.0618. The van der Waals surface area contributed by atoms with Gasteiger partial charge in [0.2, 0.25) is 5.91 Å². The Hall–Kier alpha value is -3.46. The predicted octanol–water partition coefficient (Wildman–Crippen LogP) is 4.20. The molecule has 1 aliphatic rings. The zero-order valence-electron chi connectivity index (χ0n) is 18.9. The SMILES string of the molecule is CC(C)(C)c1cc(C(=O)N2CCNC(=O)CC2)c(NC(=O)Nc2ccnc3ccccc23)s1. The number of nitrogens with one attached hydrogen (secondary N) is 3. The topological polar surface area (TPSA) is 103 Å². The van der Waals surface area contributed by atoms with Gasteiger partial charge in [0.1, 0.15) is 5.00 Å². The van der Waals surface area contributed by atoms with Crippen molar-refractivity contribution in [3.8, 4) is 0 Å². The van der Waals surface area contributed by atoms with Crippen LogP contribution in [0.4, 0.5) is 15.5 Å². The van der Waals surface area contributed by atoms with E-state index in [1.807, 2.05) is 30.3 Å². The summed E-state index contributed by atoms with van der Waals surface area (Å²) in [7, 11) is 0. The summed E-state index contributed by atoms with van der Waals surface area (Å²) in [4.78, 5) is 44.9. The number of hydrogen-bond donors (Lipinski definition) is 3. The predicted molar refractivity (Wildman–Crippen MR) is 131 cm³/mol. The monoisotopic (exact) mass is 465 g/mol. The van der Waals surface area contributed by atoms with Crippen molar-refractivity contribution in [2.75, 3.05) is 30.3 Å². The molecule has 172 valence electrons. The van der Waals surface area contributed by atoms with Crippen LogP contribution in [-0.2, 0) is 10.2 Å². The van der Waals surface area contributed by atoms with E-state index in [0.717, 1.165) is 15.8 Å². The van der Waals surface area contributed by atoms with Crippen molar-refractivity contribution in [1.29, 1.82) is 0 Å². The lowest BCUT2D eigenvalue weighted by atomic mass is 9.94. The third kappa shape index (κ3) is 5.14. The van der Waals surface area contributed by atoms with Gasteiger partial charge < -0.3 is 15.5 Å². The van der Waals surface area contributed by atoms with Crippen LogP contribution in [-0.4, -0.2) is 47.4 Å². The van der Waals surface area contributed by atoms with Gasteiger partial charge in [-0.2, -0.15) is 0 Å². The largest absolute Gasteiger partial charge is 0.354 e. The molecule has 0 radical (unpaired) electrons. The van der Waals surface area contributed by atoms with Crippen LogP contribution >= 0.6 is 11.3 Å². The molecule has 4 rings (SSSR count). The second-order valence-electron chi connectivity index (χ2n) is 8.95.